The summed E-state index contributed by atoms with van der Waals surface area (Å²) in [6.07, 6.45) is 7.80. The van der Waals surface area contributed by atoms with Gasteiger partial charge in [0.25, 0.3) is 11.5 Å². The number of carbonyl (C=O) groups excluding carboxylic acids is 1. The van der Waals surface area contributed by atoms with Crippen LogP contribution >= 0.6 is 0 Å². The molecule has 0 saturated carbocycles. The highest BCUT2D eigenvalue weighted by atomic mass is 16.4. The van der Waals surface area contributed by atoms with Crippen molar-refractivity contribution in [3.63, 3.8) is 0 Å². The van der Waals surface area contributed by atoms with Crippen LogP contribution in [-0.2, 0) is 29.0 Å². The second-order valence-electron chi connectivity index (χ2n) is 10.9. The summed E-state index contributed by atoms with van der Waals surface area (Å²) in [4.78, 5) is 57.7. The number of tetrazole rings is 1. The van der Waals surface area contributed by atoms with Gasteiger partial charge in [0, 0.05) is 30.6 Å². The lowest BCUT2D eigenvalue weighted by Gasteiger charge is -2.30. The summed E-state index contributed by atoms with van der Waals surface area (Å²) in [5.41, 5.74) is 3.63. The zero-order chi connectivity index (χ0) is 32.1. The normalized spacial score (nSPS) is 14.4. The molecule has 2 aromatic carbocycles. The van der Waals surface area contributed by atoms with Crippen LogP contribution in [0.4, 0.5) is 5.69 Å². The molecule has 4 aromatic rings. The Morgan fingerprint density at radius 3 is 2.71 bits per heavy atom. The summed E-state index contributed by atoms with van der Waals surface area (Å²) in [6.45, 7) is 2.32. The molecule has 0 spiro atoms. The highest BCUT2D eigenvalue weighted by molar-refractivity contribution is 5.97. The number of benzene rings is 2. The minimum absolute atomic E-state index is 0.0299. The van der Waals surface area contributed by atoms with E-state index in [0.29, 0.717) is 35.5 Å². The van der Waals surface area contributed by atoms with Crippen LogP contribution in [-0.4, -0.2) is 70.8 Å². The minimum Gasteiger partial charge on any atom is -0.481 e. The topological polar surface area (TPSA) is 196 Å². The Morgan fingerprint density at radius 2 is 2.00 bits per heavy atom. The summed E-state index contributed by atoms with van der Waals surface area (Å²) in [6, 6.07) is 9.33. The van der Waals surface area contributed by atoms with Gasteiger partial charge in [0.2, 0.25) is 0 Å². The van der Waals surface area contributed by atoms with Crippen LogP contribution in [0.3, 0.4) is 0 Å². The number of fused-ring (bicyclic) bond motifs is 2. The first-order valence-electron chi connectivity index (χ1n) is 14.5. The van der Waals surface area contributed by atoms with E-state index in [-0.39, 0.29) is 43.0 Å². The quantitative estimate of drug-likeness (QED) is 0.161. The van der Waals surface area contributed by atoms with Crippen molar-refractivity contribution >= 4 is 34.4 Å². The number of carboxylic acids is 2. The van der Waals surface area contributed by atoms with Crippen LogP contribution in [0.25, 0.3) is 10.9 Å². The molecule has 0 aliphatic heterocycles. The molecule has 2 heterocycles. The number of carboxylic acid groups (broad SMARTS) is 2. The lowest BCUT2D eigenvalue weighted by Crippen LogP contribution is -2.41. The predicted octanol–water partition coefficient (Wildman–Crippen LogP) is 2.03. The number of aliphatic carboxylic acids is 2. The Balaban J connectivity index is 1.27. The highest BCUT2D eigenvalue weighted by Crippen LogP contribution is 2.39. The molecule has 2 aromatic heterocycles. The molecule has 0 radical (unpaired) electrons. The first kappa shape index (κ1) is 30.9. The van der Waals surface area contributed by atoms with Crippen molar-refractivity contribution in [1.82, 2.24) is 35.5 Å². The number of aryl methyl sites for hydroxylation is 4. The fourth-order valence-corrected chi connectivity index (χ4v) is 5.67. The lowest BCUT2D eigenvalue weighted by molar-refractivity contribution is -0.139. The van der Waals surface area contributed by atoms with Gasteiger partial charge in [-0.15, -0.1) is 11.5 Å². The van der Waals surface area contributed by atoms with Crippen molar-refractivity contribution in [2.24, 2.45) is 0 Å². The van der Waals surface area contributed by atoms with Crippen LogP contribution < -0.4 is 15.8 Å². The summed E-state index contributed by atoms with van der Waals surface area (Å²) in [5, 5.41) is 33.0. The summed E-state index contributed by atoms with van der Waals surface area (Å²) in [5.74, 6) is 0.971. The fourth-order valence-electron chi connectivity index (χ4n) is 5.67. The van der Waals surface area contributed by atoms with Crippen molar-refractivity contribution in [2.75, 3.05) is 11.4 Å². The smallest absolute Gasteiger partial charge is 0.326 e. The van der Waals surface area contributed by atoms with Crippen LogP contribution in [0, 0.1) is 19.3 Å². The Hall–Kier alpha value is -5.58. The standard InChI is InChI=1S/C31H32N8O6/c1-3-14-38(26-12-8-20-16-25-23(17-22(20)26)30(43)33-18(2)32-25)21-9-6-19(7-10-21)29(42)34-24(31(44)45)11-13-27-35-36-37-39(27)15-4-5-28(40)41/h1,6-7,9-10,16-17,24,26H,4-5,8,11-15H2,2H3,(H,34,42)(H,40,41)(H,44,45)(H,32,33,43)/t24-,26-/m0/s1. The number of nitrogens with one attached hydrogen (secondary N) is 2. The van der Waals surface area contributed by atoms with E-state index in [1.54, 1.807) is 31.2 Å². The van der Waals surface area contributed by atoms with Crippen LogP contribution in [0.5, 0.6) is 0 Å². The van der Waals surface area contributed by atoms with Gasteiger partial charge in [-0.1, -0.05) is 5.92 Å². The minimum atomic E-state index is -1.21. The average Bonchev–Trinajstić information content (AvgIpc) is 3.63. The molecule has 14 nitrogen and oxygen atoms in total. The van der Waals surface area contributed by atoms with Gasteiger partial charge in [0.05, 0.1) is 23.5 Å². The van der Waals surface area contributed by atoms with Crippen molar-refractivity contribution in [3.05, 3.63) is 75.1 Å². The van der Waals surface area contributed by atoms with Gasteiger partial charge >= 0.3 is 11.9 Å². The first-order chi connectivity index (χ1) is 21.6. The van der Waals surface area contributed by atoms with E-state index in [2.05, 4.69) is 41.6 Å². The van der Waals surface area contributed by atoms with E-state index >= 15 is 0 Å². The van der Waals surface area contributed by atoms with Crippen molar-refractivity contribution in [3.8, 4) is 12.3 Å². The van der Waals surface area contributed by atoms with Crippen LogP contribution in [0.2, 0.25) is 0 Å². The van der Waals surface area contributed by atoms with Crippen LogP contribution in [0.15, 0.2) is 41.2 Å². The molecule has 1 aliphatic carbocycles. The molecule has 1 amide bonds. The maximum absolute atomic E-state index is 13.0. The number of aromatic nitrogens is 6. The van der Waals surface area contributed by atoms with Gasteiger partial charge in [-0.05, 0) is 90.6 Å². The Bertz CT molecular complexity index is 1840. The maximum Gasteiger partial charge on any atom is 0.326 e. The Kier molecular flexibility index (Phi) is 9.17. The molecule has 0 fully saturated rings. The zero-order valence-corrected chi connectivity index (χ0v) is 24.6. The molecule has 0 bridgehead atoms. The predicted molar refractivity (Wildman–Crippen MR) is 163 cm³/mol. The molecule has 2 atom stereocenters. The zero-order valence-electron chi connectivity index (χ0n) is 24.6. The second-order valence-corrected chi connectivity index (χ2v) is 10.9. The van der Waals surface area contributed by atoms with Gasteiger partial charge < -0.3 is 25.4 Å². The SMILES string of the molecule is C#CCN(c1ccc(C(=O)N[C@@H](CCc2nnnn2CCCC(=O)O)C(=O)O)cc1)[C@H]1CCc2cc3nc(C)[nH]c(=O)c3cc21. The molecule has 1 aliphatic rings. The third kappa shape index (κ3) is 6.98. The molecule has 232 valence electrons. The molecule has 5 rings (SSSR count). The molecule has 0 saturated heterocycles. The second kappa shape index (κ2) is 13.4. The monoisotopic (exact) mass is 612 g/mol. The van der Waals surface area contributed by atoms with Gasteiger partial charge in [-0.2, -0.15) is 0 Å². The van der Waals surface area contributed by atoms with E-state index in [0.717, 1.165) is 29.7 Å². The van der Waals surface area contributed by atoms with E-state index < -0.39 is 23.9 Å². The summed E-state index contributed by atoms with van der Waals surface area (Å²) in [7, 11) is 0. The maximum atomic E-state index is 13.0. The third-order valence-corrected chi connectivity index (χ3v) is 7.86. The van der Waals surface area contributed by atoms with Crippen LogP contribution in [0.1, 0.15) is 64.9 Å². The summed E-state index contributed by atoms with van der Waals surface area (Å²) < 4.78 is 1.44. The van der Waals surface area contributed by atoms with Gasteiger partial charge in [0.1, 0.15) is 11.9 Å². The van der Waals surface area contributed by atoms with Gasteiger partial charge in [-0.3, -0.25) is 14.4 Å². The molecule has 4 N–H and O–H groups in total. The Labute approximate surface area is 257 Å². The third-order valence-electron chi connectivity index (χ3n) is 7.86. The number of H-pyrrole nitrogens is 1. The van der Waals surface area contributed by atoms with E-state index in [9.17, 15) is 24.3 Å². The van der Waals surface area contributed by atoms with Gasteiger partial charge in [-0.25, -0.2) is 14.5 Å². The molecular weight excluding hydrogens is 580 g/mol. The summed E-state index contributed by atoms with van der Waals surface area (Å²) >= 11 is 0. The number of aromatic amines is 1. The number of nitrogens with zero attached hydrogens (tertiary/aromatic N) is 6. The van der Waals surface area contributed by atoms with E-state index in [1.165, 1.54) is 4.68 Å². The molecule has 45 heavy (non-hydrogen) atoms. The highest BCUT2D eigenvalue weighted by Gasteiger charge is 2.29. The molecular formula is C31H32N8O6. The fraction of sp³-hybridized carbons (Fsp3) is 0.355. The van der Waals surface area contributed by atoms with Crippen molar-refractivity contribution in [2.45, 2.75) is 64.1 Å². The van der Waals surface area contributed by atoms with Gasteiger partial charge in [0.15, 0.2) is 5.82 Å². The Morgan fingerprint density at radius 1 is 1.22 bits per heavy atom. The largest absolute Gasteiger partial charge is 0.481 e. The number of hydrogen-bond acceptors (Lipinski definition) is 9. The molecule has 14 heteroatoms. The molecule has 0 unspecified atom stereocenters. The number of hydrogen-bond donors (Lipinski definition) is 4. The number of anilines is 1. The van der Waals surface area contributed by atoms with E-state index in [4.69, 9.17) is 11.5 Å². The van der Waals surface area contributed by atoms with E-state index in [1.807, 2.05) is 12.1 Å². The lowest BCUT2D eigenvalue weighted by atomic mass is 10.0. The number of terminal acetylenes is 1. The van der Waals surface area contributed by atoms with Crippen molar-refractivity contribution < 1.29 is 24.6 Å². The number of carbonyl (C=O) groups is 3. The number of rotatable bonds is 13. The average molecular weight is 613 g/mol. The first-order valence-corrected chi connectivity index (χ1v) is 14.5. The van der Waals surface area contributed by atoms with Crippen molar-refractivity contribution in [1.29, 1.82) is 0 Å². The number of amides is 1.